The van der Waals surface area contributed by atoms with E-state index in [2.05, 4.69) is 71.4 Å². The number of ether oxygens (including phenoxy) is 8. The van der Waals surface area contributed by atoms with Gasteiger partial charge in [0.25, 0.3) is 0 Å². The lowest BCUT2D eigenvalue weighted by Crippen LogP contribution is -2.61. The van der Waals surface area contributed by atoms with Crippen LogP contribution in [-0.4, -0.2) is 175 Å². The molecule has 0 bridgehead atoms. The Morgan fingerprint density at radius 1 is 0.456 bits per heavy atom. The normalized spacial score (nSPS) is 38.1. The minimum Gasteiger partial charge on any atom is -0.396 e. The highest BCUT2D eigenvalue weighted by Gasteiger charge is 2.47. The van der Waals surface area contributed by atoms with E-state index in [1.54, 1.807) is 56.9 Å². The van der Waals surface area contributed by atoms with Crippen LogP contribution in [0, 0.1) is 23.7 Å². The second-order valence-corrected chi connectivity index (χ2v) is 15.7. The van der Waals surface area contributed by atoms with Gasteiger partial charge >= 0.3 is 0 Å². The fraction of sp³-hybridized carbons (Fsp3) is 0.682. The molecule has 5 rings (SSSR count). The minimum absolute atomic E-state index is 0.0463. The highest BCUT2D eigenvalue weighted by atomic mass is 16.6. The smallest absolute Gasteiger partial charge is 0.115 e. The first-order valence-corrected chi connectivity index (χ1v) is 20.1. The van der Waals surface area contributed by atoms with Gasteiger partial charge in [-0.1, -0.05) is 79.8 Å². The van der Waals surface area contributed by atoms with Crippen LogP contribution in [0.1, 0.15) is 18.1 Å². The van der Waals surface area contributed by atoms with Crippen molar-refractivity contribution in [1.29, 1.82) is 0 Å². The third-order valence-electron chi connectivity index (χ3n) is 12.9. The summed E-state index contributed by atoms with van der Waals surface area (Å²) in [4.78, 5) is 4.73. The van der Waals surface area contributed by atoms with Gasteiger partial charge in [-0.3, -0.25) is 9.80 Å². The maximum atomic E-state index is 10.9. The lowest BCUT2D eigenvalue weighted by atomic mass is 9.78. The van der Waals surface area contributed by atoms with Crippen molar-refractivity contribution in [3.63, 3.8) is 0 Å². The fourth-order valence-electron chi connectivity index (χ4n) is 9.96. The number of aliphatic hydroxyl groups excluding tert-OH is 3. The van der Waals surface area contributed by atoms with Crippen LogP contribution in [0.15, 0.2) is 72.9 Å². The molecule has 0 aliphatic heterocycles. The van der Waals surface area contributed by atoms with Crippen LogP contribution in [-0.2, 0) is 51.0 Å². The van der Waals surface area contributed by atoms with Crippen LogP contribution in [0.5, 0.6) is 0 Å². The lowest BCUT2D eigenvalue weighted by molar-refractivity contribution is -0.132. The van der Waals surface area contributed by atoms with E-state index in [4.69, 9.17) is 37.9 Å². The maximum Gasteiger partial charge on any atom is 0.115 e. The van der Waals surface area contributed by atoms with Gasteiger partial charge in [0.2, 0.25) is 0 Å². The molecular formula is C44H68N2O11. The average Bonchev–Trinajstić information content (AvgIpc) is 3.25. The SMILES string of the molecule is CO[C@H]1[C@H](CO)[C@@H](N(Cc2cccc(CN([C@H]3C=C[C@@H](CO)[C@@H](CO)[C@@H]3OC)[C@H]3C=C[C@@H](OC)[C@@H](OC)[C@@H]3OC)c2)[C@H]2C=C[C@@H](OC)[C@@H](OC)[C@@H]2OC)C=C[C@H]1C. The molecule has 0 unspecified atom stereocenters. The van der Waals surface area contributed by atoms with Crippen molar-refractivity contribution in [3.8, 4) is 0 Å². The molecule has 4 aliphatic rings. The summed E-state index contributed by atoms with van der Waals surface area (Å²) in [5, 5.41) is 31.7. The highest BCUT2D eigenvalue weighted by Crippen LogP contribution is 2.37. The van der Waals surface area contributed by atoms with E-state index in [1.165, 1.54) is 0 Å². The molecule has 0 spiro atoms. The Labute approximate surface area is 339 Å². The number of methoxy groups -OCH3 is 8. The molecule has 0 saturated heterocycles. The second-order valence-electron chi connectivity index (χ2n) is 15.7. The van der Waals surface area contributed by atoms with Gasteiger partial charge < -0.3 is 53.2 Å². The summed E-state index contributed by atoms with van der Waals surface area (Å²) >= 11 is 0. The Bertz CT molecular complexity index is 1450. The van der Waals surface area contributed by atoms with E-state index in [0.29, 0.717) is 13.1 Å². The third kappa shape index (κ3) is 9.68. The fourth-order valence-corrected chi connectivity index (χ4v) is 9.96. The quantitative estimate of drug-likeness (QED) is 0.177. The molecule has 320 valence electrons. The van der Waals surface area contributed by atoms with Crippen molar-refractivity contribution < 1.29 is 53.2 Å². The molecule has 13 nitrogen and oxygen atoms in total. The van der Waals surface area contributed by atoms with Crippen molar-refractivity contribution in [2.75, 3.05) is 76.7 Å². The van der Waals surface area contributed by atoms with Crippen molar-refractivity contribution in [3.05, 3.63) is 84.0 Å². The van der Waals surface area contributed by atoms with Gasteiger partial charge in [0, 0.05) is 113 Å². The molecule has 0 aromatic heterocycles. The number of aliphatic hydroxyl groups is 3. The van der Waals surface area contributed by atoms with Gasteiger partial charge in [-0.05, 0) is 11.1 Å². The van der Waals surface area contributed by atoms with Gasteiger partial charge in [0.15, 0.2) is 0 Å². The molecule has 16 atom stereocenters. The van der Waals surface area contributed by atoms with Gasteiger partial charge in [-0.25, -0.2) is 0 Å². The Kier molecular flexibility index (Phi) is 17.5. The summed E-state index contributed by atoms with van der Waals surface area (Å²) in [6.45, 7) is 2.89. The van der Waals surface area contributed by atoms with Crippen molar-refractivity contribution in [1.82, 2.24) is 9.80 Å². The van der Waals surface area contributed by atoms with E-state index < -0.39 is 12.2 Å². The van der Waals surface area contributed by atoms with Crippen LogP contribution in [0.3, 0.4) is 0 Å². The van der Waals surface area contributed by atoms with Crippen molar-refractivity contribution in [2.45, 2.75) is 93.0 Å². The third-order valence-corrected chi connectivity index (χ3v) is 12.9. The summed E-state index contributed by atoms with van der Waals surface area (Å²) in [5.41, 5.74) is 2.13. The first-order chi connectivity index (χ1) is 27.7. The molecular weight excluding hydrogens is 732 g/mol. The van der Waals surface area contributed by atoms with Gasteiger partial charge in [-0.2, -0.15) is 0 Å². The molecule has 0 fully saturated rings. The zero-order valence-electron chi connectivity index (χ0n) is 35.2. The molecule has 13 heteroatoms. The Morgan fingerprint density at radius 3 is 1.33 bits per heavy atom. The number of rotatable bonds is 19. The first kappa shape index (κ1) is 45.7. The van der Waals surface area contributed by atoms with E-state index in [0.717, 1.165) is 11.1 Å². The topological polar surface area (TPSA) is 141 Å². The van der Waals surface area contributed by atoms with Crippen molar-refractivity contribution in [2.24, 2.45) is 23.7 Å². The van der Waals surface area contributed by atoms with Crippen LogP contribution in [0.25, 0.3) is 0 Å². The summed E-state index contributed by atoms with van der Waals surface area (Å²) in [6, 6.07) is 7.62. The Morgan fingerprint density at radius 2 is 0.895 bits per heavy atom. The predicted molar refractivity (Wildman–Crippen MR) is 217 cm³/mol. The number of hydrogen-bond acceptors (Lipinski definition) is 13. The Hall–Kier alpha value is -2.34. The molecule has 3 N–H and O–H groups in total. The van der Waals surface area contributed by atoms with Crippen molar-refractivity contribution >= 4 is 0 Å². The number of benzene rings is 1. The second kappa shape index (κ2) is 21.8. The average molecular weight is 801 g/mol. The summed E-state index contributed by atoms with van der Waals surface area (Å²) in [5.74, 6) is -0.617. The molecule has 0 saturated carbocycles. The van der Waals surface area contributed by atoms with Crippen LogP contribution >= 0.6 is 0 Å². The van der Waals surface area contributed by atoms with Gasteiger partial charge in [0.1, 0.15) is 36.6 Å². The molecule has 1 aromatic rings. The summed E-state index contributed by atoms with van der Waals surface area (Å²) < 4.78 is 48.1. The molecule has 57 heavy (non-hydrogen) atoms. The van der Waals surface area contributed by atoms with Crippen LogP contribution < -0.4 is 0 Å². The van der Waals surface area contributed by atoms with E-state index in [-0.39, 0.29) is 104 Å². The predicted octanol–water partition coefficient (Wildman–Crippen LogP) is 2.63. The Balaban J connectivity index is 1.57. The molecule has 0 heterocycles. The van der Waals surface area contributed by atoms with Gasteiger partial charge in [-0.15, -0.1) is 0 Å². The first-order valence-electron chi connectivity index (χ1n) is 20.1. The summed E-state index contributed by atoms with van der Waals surface area (Å²) in [7, 11) is 13.5. The maximum absolute atomic E-state index is 10.9. The summed E-state index contributed by atoms with van der Waals surface area (Å²) in [6.07, 6.45) is 14.1. The number of nitrogens with zero attached hydrogens (tertiary/aromatic N) is 2. The van der Waals surface area contributed by atoms with Gasteiger partial charge in [0.05, 0.1) is 36.9 Å². The van der Waals surface area contributed by atoms with E-state index >= 15 is 0 Å². The van der Waals surface area contributed by atoms with Crippen LogP contribution in [0.4, 0.5) is 0 Å². The molecule has 0 radical (unpaired) electrons. The van der Waals surface area contributed by atoms with Crippen LogP contribution in [0.2, 0.25) is 0 Å². The zero-order valence-corrected chi connectivity index (χ0v) is 35.2. The molecule has 4 aliphatic carbocycles. The van der Waals surface area contributed by atoms with E-state index in [1.807, 2.05) is 18.2 Å². The standard InChI is InChI=1S/C44H68N2O11/c1-27-13-15-33(32(26-49)39(27)52-4)45(35-17-19-37(50-2)43(56-8)41(35)54-6)22-28-11-10-12-29(21-28)23-46(34-16-14-30(24-47)31(25-48)40(34)53-5)36-18-20-38(51-3)44(57-9)42(36)55-7/h10-21,27,30-44,47-49H,22-26H2,1-9H3/t27-,30+,31-,32-,33+,34+,35+,36+,37-,38-,39-,40+,41-,42-,43-,44-/m1/s1. The highest BCUT2D eigenvalue weighted by molar-refractivity contribution is 5.27. The minimum atomic E-state index is -0.416. The number of hydrogen-bond donors (Lipinski definition) is 3. The van der Waals surface area contributed by atoms with E-state index in [9.17, 15) is 15.3 Å². The zero-order chi connectivity index (χ0) is 41.2. The lowest BCUT2D eigenvalue weighted by Gasteiger charge is -2.49. The molecule has 1 aromatic carbocycles. The largest absolute Gasteiger partial charge is 0.396 e. The monoisotopic (exact) mass is 800 g/mol. The molecule has 0 amide bonds.